The summed E-state index contributed by atoms with van der Waals surface area (Å²) in [7, 11) is 0. The lowest BCUT2D eigenvalue weighted by Crippen LogP contribution is -2.16. The molecule has 2 aromatic heterocycles. The van der Waals surface area contributed by atoms with Gasteiger partial charge in [-0.3, -0.25) is 4.79 Å². The number of halogens is 4. The molecule has 0 fully saturated rings. The summed E-state index contributed by atoms with van der Waals surface area (Å²) in [5.74, 6) is 1.02. The van der Waals surface area contributed by atoms with Gasteiger partial charge in [-0.15, -0.1) is 0 Å². The van der Waals surface area contributed by atoms with E-state index in [4.69, 9.17) is 14.6 Å². The number of rotatable bonds is 1. The number of fused-ring (bicyclic) bond motifs is 1. The van der Waals surface area contributed by atoms with Crippen LogP contribution in [0.15, 0.2) is 38.3 Å². The van der Waals surface area contributed by atoms with Gasteiger partial charge < -0.3 is 19.6 Å². The van der Waals surface area contributed by atoms with Crippen molar-refractivity contribution in [1.82, 2.24) is 9.97 Å². The topological polar surface area (TPSA) is 84.4 Å². The van der Waals surface area contributed by atoms with Gasteiger partial charge in [0, 0.05) is 44.1 Å². The number of pyridine rings is 2. The number of hydrogen-bond acceptors (Lipinski definition) is 5. The van der Waals surface area contributed by atoms with Crippen LogP contribution < -0.4 is 15.0 Å². The number of aromatic amines is 1. The molecule has 0 saturated carbocycles. The van der Waals surface area contributed by atoms with Gasteiger partial charge in [0.05, 0.1) is 0 Å². The van der Waals surface area contributed by atoms with Gasteiger partial charge in [0.15, 0.2) is 11.5 Å². The number of ether oxygens (including phenoxy) is 2. The Kier molecular flexibility index (Phi) is 10.6. The van der Waals surface area contributed by atoms with E-state index in [1.165, 1.54) is 12.3 Å². The molecule has 0 amide bonds. The van der Waals surface area contributed by atoms with E-state index in [0.717, 1.165) is 15.1 Å². The molecule has 2 N–H and O–H groups in total. The largest absolute Gasteiger partial charge is 0.503 e. The fourth-order valence-corrected chi connectivity index (χ4v) is 2.00. The van der Waals surface area contributed by atoms with Gasteiger partial charge >= 0.3 is 0 Å². The zero-order chi connectivity index (χ0) is 17.9. The zero-order valence-electron chi connectivity index (χ0n) is 12.3. The van der Waals surface area contributed by atoms with E-state index in [0.29, 0.717) is 29.3 Å². The van der Waals surface area contributed by atoms with Crippen molar-refractivity contribution in [3.8, 4) is 17.4 Å². The molecule has 0 atom stereocenters. The predicted molar refractivity (Wildman–Crippen MR) is 107 cm³/mol. The van der Waals surface area contributed by atoms with Crippen molar-refractivity contribution in [2.45, 2.75) is 0 Å². The summed E-state index contributed by atoms with van der Waals surface area (Å²) in [5, 5.41) is 10.8. The van der Waals surface area contributed by atoms with E-state index in [1.54, 1.807) is 6.20 Å². The lowest BCUT2D eigenvalue weighted by atomic mass is 10.4. The summed E-state index contributed by atoms with van der Waals surface area (Å²) < 4.78 is 12.1. The summed E-state index contributed by atoms with van der Waals surface area (Å²) in [6.45, 7) is 1.19. The minimum absolute atomic E-state index is 0.274. The van der Waals surface area contributed by atoms with Crippen molar-refractivity contribution in [3.63, 3.8) is 0 Å². The first kappa shape index (κ1) is 21.5. The van der Waals surface area contributed by atoms with Gasteiger partial charge in [-0.1, -0.05) is 31.9 Å². The highest BCUT2D eigenvalue weighted by molar-refractivity contribution is 9.12. The molecule has 2 aromatic rings. The van der Waals surface area contributed by atoms with Gasteiger partial charge in [0.25, 0.3) is 11.4 Å². The first-order valence-electron chi connectivity index (χ1n) is 6.58. The van der Waals surface area contributed by atoms with Crippen LogP contribution in [0.5, 0.6) is 17.4 Å². The van der Waals surface area contributed by atoms with E-state index in [2.05, 4.69) is 73.7 Å². The van der Waals surface area contributed by atoms with Crippen LogP contribution in [0.3, 0.4) is 0 Å². The molecule has 0 radical (unpaired) electrons. The first-order chi connectivity index (χ1) is 11.5. The molecule has 1 aliphatic heterocycles. The number of hydrogen-bond donors (Lipinski definition) is 2. The summed E-state index contributed by atoms with van der Waals surface area (Å²) in [6, 6.07) is 3.18. The second kappa shape index (κ2) is 11.9. The third-order valence-corrected chi connectivity index (χ3v) is 5.03. The maximum atomic E-state index is 10.4. The highest BCUT2D eigenvalue weighted by Crippen LogP contribution is 2.29. The van der Waals surface area contributed by atoms with Crippen LogP contribution in [-0.2, 0) is 0 Å². The van der Waals surface area contributed by atoms with Crippen LogP contribution in [0.1, 0.15) is 0 Å². The Balaban J connectivity index is 0.000000201. The van der Waals surface area contributed by atoms with Crippen molar-refractivity contribution in [2.24, 2.45) is 0 Å². The number of alkyl halides is 2. The second-order valence-corrected chi connectivity index (χ2v) is 7.48. The summed E-state index contributed by atoms with van der Waals surface area (Å²) in [6.07, 6.45) is 3.15. The zero-order valence-corrected chi connectivity index (χ0v) is 18.6. The van der Waals surface area contributed by atoms with E-state index < -0.39 is 5.56 Å². The second-order valence-electron chi connectivity index (χ2n) is 4.06. The van der Waals surface area contributed by atoms with Crippen molar-refractivity contribution in [1.29, 1.82) is 0 Å². The Labute approximate surface area is 172 Å². The molecule has 3 heterocycles. The third kappa shape index (κ3) is 8.00. The van der Waals surface area contributed by atoms with Gasteiger partial charge in [-0.2, -0.15) is 0 Å². The van der Waals surface area contributed by atoms with Gasteiger partial charge in [-0.25, -0.2) is 4.98 Å². The molecule has 3 rings (SSSR count). The van der Waals surface area contributed by atoms with E-state index >= 15 is 0 Å². The van der Waals surface area contributed by atoms with E-state index in [1.807, 2.05) is 6.07 Å². The van der Waals surface area contributed by atoms with Gasteiger partial charge in [-0.05, 0) is 31.9 Å². The molecular weight excluding hydrogens is 580 g/mol. The van der Waals surface area contributed by atoms with Crippen molar-refractivity contribution >= 4 is 63.7 Å². The normalized spacial score (nSPS) is 11.5. The molecule has 0 unspecified atom stereocenters. The lowest BCUT2D eigenvalue weighted by molar-refractivity contribution is 0.164. The molecule has 0 aromatic carbocycles. The standard InChI is InChI=1S/C7H6BrNO2.C5H4BrNO2.C2H4Br2/c8-5-3-6-7(9-4-5)11-2-1-10-6;6-3-1-4(8)5(9)7-2-3;3-1-2-4/h3-4H,1-2H2;1-2,8H,(H,7,9);1-2H2. The Hall–Kier alpha value is -0.580. The first-order valence-corrected chi connectivity index (χ1v) is 10.4. The van der Waals surface area contributed by atoms with Crippen molar-refractivity contribution < 1.29 is 14.6 Å². The van der Waals surface area contributed by atoms with Crippen molar-refractivity contribution in [3.05, 3.63) is 43.8 Å². The summed E-state index contributed by atoms with van der Waals surface area (Å²) in [5.41, 5.74) is -0.474. The molecule has 0 spiro atoms. The number of H-pyrrole nitrogens is 1. The number of aromatic hydroxyl groups is 1. The van der Waals surface area contributed by atoms with Crippen molar-refractivity contribution in [2.75, 3.05) is 23.9 Å². The van der Waals surface area contributed by atoms with E-state index in [9.17, 15) is 4.79 Å². The van der Waals surface area contributed by atoms with Crippen LogP contribution in [0.25, 0.3) is 0 Å². The lowest BCUT2D eigenvalue weighted by Gasteiger charge is -2.16. The average molecular weight is 594 g/mol. The molecule has 10 heteroatoms. The van der Waals surface area contributed by atoms with Crippen LogP contribution in [-0.4, -0.2) is 38.9 Å². The SMILES string of the molecule is BrCCBr.Brc1cnc2c(c1)OCCO2.O=c1[nH]cc(Br)cc1O. The Morgan fingerprint density at radius 3 is 2.38 bits per heavy atom. The molecule has 0 saturated heterocycles. The highest BCUT2D eigenvalue weighted by Gasteiger charge is 2.11. The van der Waals surface area contributed by atoms with Gasteiger partial charge in [0.2, 0.25) is 0 Å². The van der Waals surface area contributed by atoms with Crippen LogP contribution in [0.2, 0.25) is 0 Å². The number of aromatic nitrogens is 2. The molecule has 132 valence electrons. The number of nitrogens with zero attached hydrogens (tertiary/aromatic N) is 1. The maximum Gasteiger partial charge on any atom is 0.290 e. The molecule has 6 nitrogen and oxygen atoms in total. The minimum Gasteiger partial charge on any atom is -0.503 e. The predicted octanol–water partition coefficient (Wildman–Crippen LogP) is 4.23. The van der Waals surface area contributed by atoms with Crippen LogP contribution in [0.4, 0.5) is 0 Å². The highest BCUT2D eigenvalue weighted by atomic mass is 79.9. The quantitative estimate of drug-likeness (QED) is 0.484. The average Bonchev–Trinajstić information content (AvgIpc) is 2.59. The molecule has 0 aliphatic carbocycles. The van der Waals surface area contributed by atoms with Crippen LogP contribution in [0, 0.1) is 0 Å². The Morgan fingerprint density at radius 2 is 1.79 bits per heavy atom. The third-order valence-electron chi connectivity index (χ3n) is 2.28. The maximum absolute atomic E-state index is 10.4. The van der Waals surface area contributed by atoms with Gasteiger partial charge in [0.1, 0.15) is 13.2 Å². The molecule has 1 aliphatic rings. The summed E-state index contributed by atoms with van der Waals surface area (Å²) >= 11 is 12.8. The monoisotopic (exact) mass is 590 g/mol. The Bertz CT molecular complexity index is 695. The molecule has 24 heavy (non-hydrogen) atoms. The fourth-order valence-electron chi connectivity index (χ4n) is 1.36. The summed E-state index contributed by atoms with van der Waals surface area (Å²) in [4.78, 5) is 16.8. The number of nitrogens with one attached hydrogen (secondary N) is 1. The van der Waals surface area contributed by atoms with E-state index in [-0.39, 0.29) is 5.75 Å². The molecule has 0 bridgehead atoms. The minimum atomic E-state index is -0.474. The smallest absolute Gasteiger partial charge is 0.290 e. The van der Waals surface area contributed by atoms with Crippen LogP contribution >= 0.6 is 63.7 Å². The molecular formula is C14H14Br4N2O4. The Morgan fingerprint density at radius 1 is 1.12 bits per heavy atom. The fraction of sp³-hybridized carbons (Fsp3) is 0.286.